The molecule has 4 nitrogen and oxygen atoms in total. The third-order valence-corrected chi connectivity index (χ3v) is 9.27. The second-order valence-electron chi connectivity index (χ2n) is 15.2. The van der Waals surface area contributed by atoms with Crippen molar-refractivity contribution in [1.82, 2.24) is 0 Å². The van der Waals surface area contributed by atoms with Gasteiger partial charge in [-0.05, 0) is 114 Å². The Bertz CT molecular complexity index is 2030. The first-order chi connectivity index (χ1) is 25.9. The summed E-state index contributed by atoms with van der Waals surface area (Å²) in [5.74, 6) is 16.0. The summed E-state index contributed by atoms with van der Waals surface area (Å²) in [6, 6.07) is 37.6. The van der Waals surface area contributed by atoms with E-state index in [1.54, 1.807) is 0 Å². The zero-order valence-corrected chi connectivity index (χ0v) is 33.6. The molecule has 0 aromatic heterocycles. The van der Waals surface area contributed by atoms with Crippen LogP contribution in [0.25, 0.3) is 0 Å². The molecule has 0 aliphatic carbocycles. The van der Waals surface area contributed by atoms with Crippen LogP contribution in [0, 0.1) is 37.5 Å². The maximum absolute atomic E-state index is 5.22. The molecule has 5 aromatic rings. The summed E-state index contributed by atoms with van der Waals surface area (Å²) in [6.45, 7) is 21.9. The van der Waals surface area contributed by atoms with E-state index in [0.717, 1.165) is 33.9 Å². The Labute approximate surface area is 324 Å². The fraction of sp³-hybridized carbons (Fsp3) is 0.280. The van der Waals surface area contributed by atoms with Gasteiger partial charge in [0.15, 0.2) is 11.7 Å². The minimum absolute atomic E-state index is 0.316. The van der Waals surface area contributed by atoms with Crippen LogP contribution in [-0.2, 0) is 0 Å². The van der Waals surface area contributed by atoms with Crippen molar-refractivity contribution < 1.29 is 0 Å². The largest absolute Gasteiger partial charge is 0.333 e. The number of nitrogens with zero attached hydrogens (tertiary/aromatic N) is 2. The van der Waals surface area contributed by atoms with Gasteiger partial charge >= 0.3 is 0 Å². The van der Waals surface area contributed by atoms with Crippen LogP contribution in [0.1, 0.15) is 124 Å². The quantitative estimate of drug-likeness (QED) is 0.0957. The Hall–Kier alpha value is -5.84. The lowest BCUT2D eigenvalue weighted by Gasteiger charge is -2.17. The normalized spacial score (nSPS) is 11.7. The highest BCUT2D eigenvalue weighted by Gasteiger charge is 2.16. The number of benzene rings is 5. The Kier molecular flexibility index (Phi) is 13.3. The lowest BCUT2D eigenvalue weighted by atomic mass is 9.93. The number of aliphatic imine (C=N–C) groups is 2. The van der Waals surface area contributed by atoms with E-state index < -0.39 is 0 Å². The fourth-order valence-electron chi connectivity index (χ4n) is 6.16. The molecule has 0 unspecified atom stereocenters. The van der Waals surface area contributed by atoms with Crippen LogP contribution in [0.3, 0.4) is 0 Å². The summed E-state index contributed by atoms with van der Waals surface area (Å²) in [4.78, 5) is 10.4. The van der Waals surface area contributed by atoms with Crippen LogP contribution in [0.15, 0.2) is 119 Å². The average molecular weight is 711 g/mol. The fourth-order valence-corrected chi connectivity index (χ4v) is 6.16. The lowest BCUT2D eigenvalue weighted by Crippen LogP contribution is -2.10. The second kappa shape index (κ2) is 18.3. The van der Waals surface area contributed by atoms with Gasteiger partial charge in [0.2, 0.25) is 0 Å². The number of hydrogen-bond donors (Lipinski definition) is 2. The molecule has 2 N–H and O–H groups in total. The molecule has 0 radical (unpaired) electrons. The van der Waals surface area contributed by atoms with E-state index in [1.807, 2.05) is 24.3 Å². The smallest absolute Gasteiger partial charge is 0.183 e. The summed E-state index contributed by atoms with van der Waals surface area (Å²) >= 11 is 0. The molecule has 54 heavy (non-hydrogen) atoms. The number of hydrogen-bond acceptors (Lipinski definition) is 2. The van der Waals surface area contributed by atoms with Gasteiger partial charge in [-0.15, -0.1) is 0 Å². The minimum Gasteiger partial charge on any atom is -0.333 e. The standard InChI is InChI=1S/C50H54N4/c1-33(2)43-16-12-17-44(34(3)4)49(43)53-47(51-41-26-20-37(9)21-27-41)30-24-39-14-11-15-40(32-39)25-31-48(52-42-28-22-38(10)23-29-42)54-50-45(35(5)6)18-13-19-46(50)36(7)8/h11-23,26-29,32-36H,1-10H3,(H,51,53)(H,52,54). The van der Waals surface area contributed by atoms with Gasteiger partial charge in [0.25, 0.3) is 0 Å². The third kappa shape index (κ3) is 10.6. The van der Waals surface area contributed by atoms with Gasteiger partial charge in [0.1, 0.15) is 0 Å². The van der Waals surface area contributed by atoms with Crippen molar-refractivity contribution in [2.45, 2.75) is 92.9 Å². The highest BCUT2D eigenvalue weighted by atomic mass is 15.0. The van der Waals surface area contributed by atoms with Crippen LogP contribution in [0.4, 0.5) is 22.7 Å². The van der Waals surface area contributed by atoms with Gasteiger partial charge in [-0.1, -0.05) is 145 Å². The molecular formula is C50H54N4. The molecule has 0 aliphatic rings. The van der Waals surface area contributed by atoms with Crippen molar-refractivity contribution in [3.8, 4) is 23.7 Å². The molecular weight excluding hydrogens is 657 g/mol. The van der Waals surface area contributed by atoms with Crippen LogP contribution in [0.2, 0.25) is 0 Å². The number of anilines is 2. The van der Waals surface area contributed by atoms with Gasteiger partial charge in [-0.2, -0.15) is 0 Å². The van der Waals surface area contributed by atoms with Crippen molar-refractivity contribution in [1.29, 1.82) is 0 Å². The molecule has 0 atom stereocenters. The van der Waals surface area contributed by atoms with E-state index in [-0.39, 0.29) is 0 Å². The van der Waals surface area contributed by atoms with Gasteiger partial charge < -0.3 is 10.6 Å². The Morgan fingerprint density at radius 1 is 0.444 bits per heavy atom. The molecule has 274 valence electrons. The van der Waals surface area contributed by atoms with Crippen LogP contribution >= 0.6 is 0 Å². The molecule has 0 heterocycles. The van der Waals surface area contributed by atoms with E-state index in [0.29, 0.717) is 35.3 Å². The number of rotatable bonds is 8. The van der Waals surface area contributed by atoms with Crippen molar-refractivity contribution in [2.24, 2.45) is 9.98 Å². The average Bonchev–Trinajstić information content (AvgIpc) is 3.14. The highest BCUT2D eigenvalue weighted by Crippen LogP contribution is 2.36. The molecule has 0 saturated carbocycles. The second-order valence-corrected chi connectivity index (χ2v) is 15.2. The van der Waals surface area contributed by atoms with Crippen LogP contribution in [0.5, 0.6) is 0 Å². The number of nitrogens with one attached hydrogen (secondary N) is 2. The van der Waals surface area contributed by atoms with E-state index in [1.165, 1.54) is 33.4 Å². The van der Waals surface area contributed by atoms with E-state index >= 15 is 0 Å². The monoisotopic (exact) mass is 710 g/mol. The summed E-state index contributed by atoms with van der Waals surface area (Å²) in [6.07, 6.45) is 0. The summed E-state index contributed by atoms with van der Waals surface area (Å²) < 4.78 is 0. The van der Waals surface area contributed by atoms with Crippen molar-refractivity contribution in [2.75, 3.05) is 10.6 Å². The van der Waals surface area contributed by atoms with Crippen LogP contribution < -0.4 is 10.6 Å². The molecule has 4 heteroatoms. The molecule has 0 aliphatic heterocycles. The zero-order valence-electron chi connectivity index (χ0n) is 33.6. The predicted octanol–water partition coefficient (Wildman–Crippen LogP) is 13.2. The first-order valence-electron chi connectivity index (χ1n) is 19.1. The van der Waals surface area contributed by atoms with E-state index in [2.05, 4.69) is 188 Å². The first-order valence-corrected chi connectivity index (χ1v) is 19.1. The molecule has 0 spiro atoms. The Morgan fingerprint density at radius 2 is 0.759 bits per heavy atom. The zero-order chi connectivity index (χ0) is 38.8. The minimum atomic E-state index is 0.316. The van der Waals surface area contributed by atoms with Crippen molar-refractivity contribution >= 4 is 34.4 Å². The van der Waals surface area contributed by atoms with Gasteiger partial charge in [-0.25, -0.2) is 9.98 Å². The van der Waals surface area contributed by atoms with Gasteiger partial charge in [0, 0.05) is 22.5 Å². The highest BCUT2D eigenvalue weighted by molar-refractivity contribution is 6.10. The molecule has 5 aromatic carbocycles. The number of amidine groups is 2. The number of para-hydroxylation sites is 2. The van der Waals surface area contributed by atoms with Crippen LogP contribution in [-0.4, -0.2) is 11.7 Å². The number of aryl methyl sites for hydroxylation is 2. The maximum Gasteiger partial charge on any atom is 0.183 e. The lowest BCUT2D eigenvalue weighted by molar-refractivity contribution is 0.834. The Balaban J connectivity index is 1.57. The molecule has 5 rings (SSSR count). The summed E-state index contributed by atoms with van der Waals surface area (Å²) in [5, 5.41) is 7.02. The summed E-state index contributed by atoms with van der Waals surface area (Å²) in [5.41, 5.74) is 12.8. The molecule has 0 bridgehead atoms. The van der Waals surface area contributed by atoms with Crippen molar-refractivity contribution in [3.63, 3.8) is 0 Å². The first kappa shape index (κ1) is 39.4. The topological polar surface area (TPSA) is 48.8 Å². The maximum atomic E-state index is 5.22. The van der Waals surface area contributed by atoms with E-state index in [9.17, 15) is 0 Å². The van der Waals surface area contributed by atoms with Gasteiger partial charge in [-0.3, -0.25) is 0 Å². The van der Waals surface area contributed by atoms with Crippen molar-refractivity contribution in [3.05, 3.63) is 154 Å². The van der Waals surface area contributed by atoms with E-state index in [4.69, 9.17) is 9.98 Å². The molecule has 0 fully saturated rings. The SMILES string of the molecule is Cc1ccc(NC(C#Cc2cccc(C#CC(=Nc3c(C(C)C)cccc3C(C)C)Nc3ccc(C)cc3)c2)=Nc2c(C(C)C)cccc2C(C)C)cc1. The molecule has 0 saturated heterocycles. The predicted molar refractivity (Wildman–Crippen MR) is 233 cm³/mol. The third-order valence-electron chi connectivity index (χ3n) is 9.27. The molecule has 0 amide bonds. The Morgan fingerprint density at radius 3 is 1.07 bits per heavy atom. The summed E-state index contributed by atoms with van der Waals surface area (Å²) in [7, 11) is 0. The van der Waals surface area contributed by atoms with Gasteiger partial charge in [0.05, 0.1) is 11.4 Å².